The van der Waals surface area contributed by atoms with Gasteiger partial charge in [-0.1, -0.05) is 46.9 Å². The molecule has 0 bridgehead atoms. The van der Waals surface area contributed by atoms with Crippen molar-refractivity contribution in [3.63, 3.8) is 0 Å². The van der Waals surface area contributed by atoms with Crippen molar-refractivity contribution in [2.24, 2.45) is 10.2 Å². The third-order valence-corrected chi connectivity index (χ3v) is 4.07. The largest absolute Gasteiger partial charge is 0.480 e. The van der Waals surface area contributed by atoms with E-state index < -0.39 is 29.7 Å². The van der Waals surface area contributed by atoms with Crippen molar-refractivity contribution >= 4 is 58.1 Å². The number of carboxylic acid groups (broad SMARTS) is 1. The Morgan fingerprint density at radius 3 is 2.44 bits per heavy atom. The molecule has 0 aromatic heterocycles. The maximum Gasteiger partial charge on any atom is 0.322 e. The van der Waals surface area contributed by atoms with Crippen LogP contribution in [-0.4, -0.2) is 34.8 Å². The van der Waals surface area contributed by atoms with E-state index in [-0.39, 0.29) is 21.8 Å². The zero-order chi connectivity index (χ0) is 20.0. The molecule has 1 atom stereocenters. The van der Waals surface area contributed by atoms with Crippen LogP contribution in [0.5, 0.6) is 0 Å². The zero-order valence-corrected chi connectivity index (χ0v) is 15.8. The maximum absolute atomic E-state index is 12.8. The molecule has 10 heteroatoms. The molecule has 7 nitrogen and oxygen atoms in total. The fourth-order valence-electron chi connectivity index (χ4n) is 1.98. The van der Waals surface area contributed by atoms with Crippen molar-refractivity contribution in [3.05, 3.63) is 63.6 Å². The van der Waals surface area contributed by atoms with E-state index >= 15 is 0 Å². The number of hydrogen-bond donors (Lipinski definition) is 2. The zero-order valence-electron chi connectivity index (χ0n) is 13.5. The number of carbonyl (C=O) groups excluding carboxylic acids is 2. The van der Waals surface area contributed by atoms with Gasteiger partial charge in [0.15, 0.2) is 5.78 Å². The van der Waals surface area contributed by atoms with Gasteiger partial charge in [-0.25, -0.2) is 0 Å². The van der Waals surface area contributed by atoms with Crippen LogP contribution < -0.4 is 5.32 Å². The summed E-state index contributed by atoms with van der Waals surface area (Å²) >= 11 is 17.8. The molecule has 0 heterocycles. The number of nitrogens with zero attached hydrogens (tertiary/aromatic N) is 2. The highest BCUT2D eigenvalue weighted by molar-refractivity contribution is 6.35. The second-order valence-electron chi connectivity index (χ2n) is 5.13. The van der Waals surface area contributed by atoms with Crippen LogP contribution in [0.1, 0.15) is 15.9 Å². The predicted molar refractivity (Wildman–Crippen MR) is 101 cm³/mol. The summed E-state index contributed by atoms with van der Waals surface area (Å²) in [5.41, 5.74) is -0.974. The molecular weight excluding hydrogens is 417 g/mol. The standard InChI is InChI=1S/C17H12Cl3N3O4/c18-9-5-6-13(22-23-16(20)17(27)21-8-14(24)25)11(7-9)15(26)10-3-1-2-4-12(10)19/h1-7,16H,8H2,(H,21,27)(H,24,25). The van der Waals surface area contributed by atoms with Gasteiger partial charge in [-0.3, -0.25) is 14.4 Å². The molecule has 0 fully saturated rings. The molecule has 2 aromatic rings. The maximum atomic E-state index is 12.8. The van der Waals surface area contributed by atoms with Crippen LogP contribution in [0.25, 0.3) is 0 Å². The Morgan fingerprint density at radius 1 is 1.07 bits per heavy atom. The van der Waals surface area contributed by atoms with Crippen LogP contribution in [0.3, 0.4) is 0 Å². The Hall–Kier alpha value is -2.48. The minimum absolute atomic E-state index is 0.120. The average molecular weight is 429 g/mol. The molecule has 0 aliphatic carbocycles. The highest BCUT2D eigenvalue weighted by Crippen LogP contribution is 2.28. The van der Waals surface area contributed by atoms with Gasteiger partial charge in [-0.05, 0) is 30.3 Å². The van der Waals surface area contributed by atoms with Crippen molar-refractivity contribution in [3.8, 4) is 0 Å². The number of carbonyl (C=O) groups is 3. The highest BCUT2D eigenvalue weighted by atomic mass is 35.5. The van der Waals surface area contributed by atoms with Gasteiger partial charge >= 0.3 is 5.97 Å². The molecule has 140 valence electrons. The van der Waals surface area contributed by atoms with Crippen molar-refractivity contribution in [1.29, 1.82) is 0 Å². The lowest BCUT2D eigenvalue weighted by Gasteiger charge is -2.08. The molecule has 27 heavy (non-hydrogen) atoms. The van der Waals surface area contributed by atoms with Crippen LogP contribution in [0.2, 0.25) is 10.0 Å². The predicted octanol–water partition coefficient (Wildman–Crippen LogP) is 4.07. The number of nitrogens with one attached hydrogen (secondary N) is 1. The second-order valence-corrected chi connectivity index (χ2v) is 6.39. The topological polar surface area (TPSA) is 108 Å². The Morgan fingerprint density at radius 2 is 1.78 bits per heavy atom. The summed E-state index contributed by atoms with van der Waals surface area (Å²) in [7, 11) is 0. The first-order valence-electron chi connectivity index (χ1n) is 7.43. The lowest BCUT2D eigenvalue weighted by atomic mass is 10.0. The first-order chi connectivity index (χ1) is 12.8. The van der Waals surface area contributed by atoms with E-state index in [4.69, 9.17) is 39.9 Å². The molecule has 2 aromatic carbocycles. The van der Waals surface area contributed by atoms with Gasteiger partial charge in [0.1, 0.15) is 6.54 Å². The summed E-state index contributed by atoms with van der Waals surface area (Å²) in [6, 6.07) is 10.8. The highest BCUT2D eigenvalue weighted by Gasteiger charge is 2.19. The van der Waals surface area contributed by atoms with Gasteiger partial charge in [0, 0.05) is 10.6 Å². The van der Waals surface area contributed by atoms with E-state index in [0.29, 0.717) is 5.02 Å². The molecule has 0 aliphatic heterocycles. The Bertz CT molecular complexity index is 918. The third-order valence-electron chi connectivity index (χ3n) is 3.22. The molecule has 0 saturated carbocycles. The first-order valence-corrected chi connectivity index (χ1v) is 8.62. The number of amides is 1. The summed E-state index contributed by atoms with van der Waals surface area (Å²) in [5.74, 6) is -2.50. The average Bonchev–Trinajstić information content (AvgIpc) is 2.64. The fraction of sp³-hybridized carbons (Fsp3) is 0.118. The molecule has 0 spiro atoms. The lowest BCUT2D eigenvalue weighted by molar-refractivity contribution is -0.137. The molecular formula is C17H12Cl3N3O4. The first kappa shape index (κ1) is 20.8. The van der Waals surface area contributed by atoms with Gasteiger partial charge in [-0.15, -0.1) is 0 Å². The van der Waals surface area contributed by atoms with E-state index in [1.54, 1.807) is 24.3 Å². The SMILES string of the molecule is O=C(O)CNC(=O)C(Cl)N=Nc1ccc(Cl)cc1C(=O)c1ccccc1Cl. The van der Waals surface area contributed by atoms with Gasteiger partial charge in [0.25, 0.3) is 5.91 Å². The van der Waals surface area contributed by atoms with Crippen LogP contribution >= 0.6 is 34.8 Å². The van der Waals surface area contributed by atoms with Gasteiger partial charge < -0.3 is 10.4 Å². The Labute approximate surface area is 168 Å². The summed E-state index contributed by atoms with van der Waals surface area (Å²) in [6.07, 6.45) is 0. The van der Waals surface area contributed by atoms with E-state index in [0.717, 1.165) is 0 Å². The van der Waals surface area contributed by atoms with Crippen molar-refractivity contribution in [1.82, 2.24) is 5.32 Å². The summed E-state index contributed by atoms with van der Waals surface area (Å²) < 4.78 is 0. The Kier molecular flexibility index (Phi) is 7.29. The molecule has 0 aliphatic rings. The number of benzene rings is 2. The molecule has 0 radical (unpaired) electrons. The number of carboxylic acids is 1. The molecule has 2 N–H and O–H groups in total. The number of aliphatic carboxylic acids is 1. The molecule has 0 saturated heterocycles. The Balaban J connectivity index is 2.28. The monoisotopic (exact) mass is 427 g/mol. The molecule has 1 unspecified atom stereocenters. The van der Waals surface area contributed by atoms with Gasteiger partial charge in [0.2, 0.25) is 5.50 Å². The summed E-state index contributed by atoms with van der Waals surface area (Å²) in [4.78, 5) is 34.9. The fourth-order valence-corrected chi connectivity index (χ4v) is 2.49. The van der Waals surface area contributed by atoms with Crippen molar-refractivity contribution in [2.45, 2.75) is 5.50 Å². The summed E-state index contributed by atoms with van der Waals surface area (Å²) in [5, 5.41) is 18.6. The van der Waals surface area contributed by atoms with Crippen LogP contribution in [0.15, 0.2) is 52.7 Å². The summed E-state index contributed by atoms with van der Waals surface area (Å²) in [6.45, 7) is -0.602. The quantitative estimate of drug-likeness (QED) is 0.300. The van der Waals surface area contributed by atoms with E-state index in [1.807, 2.05) is 0 Å². The number of azo groups is 1. The minimum atomic E-state index is -1.47. The number of ketones is 1. The minimum Gasteiger partial charge on any atom is -0.480 e. The molecule has 2 rings (SSSR count). The van der Waals surface area contributed by atoms with Crippen molar-refractivity contribution in [2.75, 3.05) is 6.54 Å². The van der Waals surface area contributed by atoms with Crippen LogP contribution in [-0.2, 0) is 9.59 Å². The smallest absolute Gasteiger partial charge is 0.322 e. The third kappa shape index (κ3) is 5.75. The van der Waals surface area contributed by atoms with Crippen LogP contribution in [0, 0.1) is 0 Å². The van der Waals surface area contributed by atoms with Gasteiger partial charge in [0.05, 0.1) is 16.3 Å². The molecule has 1 amide bonds. The van der Waals surface area contributed by atoms with E-state index in [2.05, 4.69) is 15.5 Å². The van der Waals surface area contributed by atoms with Crippen molar-refractivity contribution < 1.29 is 19.5 Å². The van der Waals surface area contributed by atoms with E-state index in [1.165, 1.54) is 18.2 Å². The number of halogens is 3. The number of alkyl halides is 1. The normalized spacial score (nSPS) is 12.0. The lowest BCUT2D eigenvalue weighted by Crippen LogP contribution is -2.34. The number of rotatable bonds is 7. The van der Waals surface area contributed by atoms with E-state index in [9.17, 15) is 14.4 Å². The second kappa shape index (κ2) is 9.45. The van der Waals surface area contributed by atoms with Gasteiger partial charge in [-0.2, -0.15) is 10.2 Å². The van der Waals surface area contributed by atoms with Crippen LogP contribution in [0.4, 0.5) is 5.69 Å². The number of hydrogen-bond acceptors (Lipinski definition) is 5.